The van der Waals surface area contributed by atoms with Gasteiger partial charge in [-0.05, 0) is 56.3 Å². The van der Waals surface area contributed by atoms with Crippen LogP contribution in [0.15, 0.2) is 54.4 Å². The highest BCUT2D eigenvalue weighted by Gasteiger charge is 2.35. The number of nitrogen functional groups attached to an aromatic ring is 1. The van der Waals surface area contributed by atoms with Crippen LogP contribution < -0.4 is 21.7 Å². The Bertz CT molecular complexity index is 1440. The number of anilines is 3. The molecule has 0 spiro atoms. The van der Waals surface area contributed by atoms with Gasteiger partial charge in [0.15, 0.2) is 0 Å². The highest BCUT2D eigenvalue weighted by Crippen LogP contribution is 2.39. The summed E-state index contributed by atoms with van der Waals surface area (Å²) in [7, 11) is 0. The molecule has 1 aromatic carbocycles. The van der Waals surface area contributed by atoms with E-state index < -0.39 is 22.5 Å². The van der Waals surface area contributed by atoms with Crippen molar-refractivity contribution in [3.05, 3.63) is 81.4 Å². The van der Waals surface area contributed by atoms with E-state index in [-0.39, 0.29) is 41.8 Å². The lowest BCUT2D eigenvalue weighted by atomic mass is 9.97. The minimum absolute atomic E-state index is 0.0358. The predicted molar refractivity (Wildman–Crippen MR) is 146 cm³/mol. The van der Waals surface area contributed by atoms with Crippen molar-refractivity contribution < 1.29 is 22.5 Å². The number of nitro groups is 1. The van der Waals surface area contributed by atoms with Crippen molar-refractivity contribution in [3.8, 4) is 11.3 Å². The number of allylic oxidation sites excluding steroid dienone is 2. The number of nitrogens with one attached hydrogen (secondary N) is 3. The summed E-state index contributed by atoms with van der Waals surface area (Å²) in [5.41, 5.74) is 5.45. The van der Waals surface area contributed by atoms with Gasteiger partial charge >= 0.3 is 11.9 Å². The first kappa shape index (κ1) is 29.8. The first-order valence-corrected chi connectivity index (χ1v) is 12.2. The van der Waals surface area contributed by atoms with Crippen molar-refractivity contribution in [2.75, 3.05) is 29.5 Å². The van der Waals surface area contributed by atoms with Crippen LogP contribution in [0.4, 0.5) is 40.8 Å². The van der Waals surface area contributed by atoms with Crippen molar-refractivity contribution >= 4 is 29.0 Å². The topological polar surface area (TPSA) is 144 Å². The maximum Gasteiger partial charge on any atom is 0.417 e. The van der Waals surface area contributed by atoms with Gasteiger partial charge in [0.1, 0.15) is 11.6 Å². The van der Waals surface area contributed by atoms with Crippen molar-refractivity contribution in [2.24, 2.45) is 0 Å². The molecule has 3 aromatic rings. The number of hydrogen-bond donors (Lipinski definition) is 4. The molecule has 0 fully saturated rings. The molecule has 2 aromatic heterocycles. The van der Waals surface area contributed by atoms with Crippen molar-refractivity contribution in [1.29, 1.82) is 0 Å². The third-order valence-electron chi connectivity index (χ3n) is 5.77. The Morgan fingerprint density at radius 2 is 1.88 bits per heavy atom. The Hall–Kier alpha value is -4.75. The van der Waals surface area contributed by atoms with Crippen LogP contribution in [0, 0.1) is 15.9 Å². The molecule has 212 valence electrons. The number of aromatic nitrogens is 3. The SMILES string of the molecule is C/C=C\NC(=C(C)CC)c1cnc(NCCNc2ccc([N+](=O)[O-])c(N)n2)nc1-c1ccc(F)cc1C(F)(F)F. The normalized spacial score (nSPS) is 12.3. The van der Waals surface area contributed by atoms with E-state index in [2.05, 4.69) is 30.9 Å². The van der Waals surface area contributed by atoms with Crippen LogP contribution in [-0.4, -0.2) is 33.0 Å². The molecule has 0 aliphatic rings. The lowest BCUT2D eigenvalue weighted by molar-refractivity contribution is -0.384. The lowest BCUT2D eigenvalue weighted by Crippen LogP contribution is -2.17. The van der Waals surface area contributed by atoms with Gasteiger partial charge in [0.05, 0.1) is 16.2 Å². The van der Waals surface area contributed by atoms with Gasteiger partial charge in [-0.2, -0.15) is 13.2 Å². The quantitative estimate of drug-likeness (QED) is 0.0964. The number of hydrogen-bond acceptors (Lipinski definition) is 9. The number of nitrogens with two attached hydrogens (primary N) is 1. The zero-order valence-corrected chi connectivity index (χ0v) is 21.9. The molecule has 0 saturated heterocycles. The van der Waals surface area contributed by atoms with Gasteiger partial charge in [-0.15, -0.1) is 0 Å². The number of alkyl halides is 3. The van der Waals surface area contributed by atoms with Gasteiger partial charge in [-0.3, -0.25) is 10.1 Å². The monoisotopic (exact) mass is 560 g/mol. The zero-order valence-electron chi connectivity index (χ0n) is 21.9. The maximum absolute atomic E-state index is 14.0. The molecule has 0 aliphatic heterocycles. The molecular weight excluding hydrogens is 532 g/mol. The van der Waals surface area contributed by atoms with Gasteiger partial charge in [0, 0.05) is 42.2 Å². The van der Waals surface area contributed by atoms with Crippen molar-refractivity contribution in [2.45, 2.75) is 33.4 Å². The third kappa shape index (κ3) is 7.21. The summed E-state index contributed by atoms with van der Waals surface area (Å²) in [4.78, 5) is 22.9. The molecule has 0 amide bonds. The van der Waals surface area contributed by atoms with E-state index in [1.165, 1.54) is 18.3 Å². The molecule has 14 heteroatoms. The molecule has 3 rings (SSSR count). The standard InChI is InChI=1S/C26H28F4N8O2/c1-4-10-33-22(15(3)5-2)18-14-35-25(34-12-11-32-21-9-8-20(38(39)40)24(31)36-21)37-23(18)17-7-6-16(27)13-19(17)26(28,29)30/h4,6-10,13-14,33H,5,11-12H2,1-3H3,(H3,31,32,36)(H,34,35,37)/b10-4-,22-15?. The summed E-state index contributed by atoms with van der Waals surface area (Å²) >= 11 is 0. The molecule has 0 aliphatic carbocycles. The fourth-order valence-electron chi connectivity index (χ4n) is 3.67. The molecule has 0 saturated carbocycles. The Morgan fingerprint density at radius 3 is 2.50 bits per heavy atom. The first-order chi connectivity index (χ1) is 19.0. The van der Waals surface area contributed by atoms with Gasteiger partial charge in [0.25, 0.3) is 0 Å². The molecule has 10 nitrogen and oxygen atoms in total. The van der Waals surface area contributed by atoms with Crippen LogP contribution in [0.2, 0.25) is 0 Å². The molecule has 5 N–H and O–H groups in total. The van der Waals surface area contributed by atoms with E-state index in [9.17, 15) is 27.7 Å². The van der Waals surface area contributed by atoms with Gasteiger partial charge in [-0.25, -0.2) is 19.3 Å². The average molecular weight is 561 g/mol. The second-order valence-corrected chi connectivity index (χ2v) is 8.51. The van der Waals surface area contributed by atoms with Crippen molar-refractivity contribution in [1.82, 2.24) is 20.3 Å². The summed E-state index contributed by atoms with van der Waals surface area (Å²) in [6.07, 6.45) is 0.549. The third-order valence-corrected chi connectivity index (χ3v) is 5.77. The Kier molecular flexibility index (Phi) is 9.59. The Balaban J connectivity index is 1.96. The van der Waals surface area contributed by atoms with E-state index in [1.54, 1.807) is 19.2 Å². The summed E-state index contributed by atoms with van der Waals surface area (Å²) in [5.74, 6) is -0.940. The number of rotatable bonds is 11. The number of nitrogens with zero attached hydrogens (tertiary/aromatic N) is 4. The number of benzene rings is 1. The Morgan fingerprint density at radius 1 is 1.15 bits per heavy atom. The lowest BCUT2D eigenvalue weighted by Gasteiger charge is -2.19. The van der Waals surface area contributed by atoms with Crippen LogP contribution in [-0.2, 0) is 6.18 Å². The van der Waals surface area contributed by atoms with Gasteiger partial charge < -0.3 is 21.7 Å². The summed E-state index contributed by atoms with van der Waals surface area (Å²) in [6, 6.07) is 5.06. The van der Waals surface area contributed by atoms with Crippen LogP contribution in [0.5, 0.6) is 0 Å². The smallest absolute Gasteiger partial charge is 0.378 e. The van der Waals surface area contributed by atoms with E-state index in [0.29, 0.717) is 29.6 Å². The second-order valence-electron chi connectivity index (χ2n) is 8.51. The van der Waals surface area contributed by atoms with Crippen LogP contribution in [0.1, 0.15) is 38.3 Å². The van der Waals surface area contributed by atoms with Crippen LogP contribution in [0.25, 0.3) is 17.0 Å². The molecule has 40 heavy (non-hydrogen) atoms. The van der Waals surface area contributed by atoms with Crippen LogP contribution in [0.3, 0.4) is 0 Å². The minimum atomic E-state index is -4.84. The van der Waals surface area contributed by atoms with Gasteiger partial charge in [-0.1, -0.05) is 13.0 Å². The second kappa shape index (κ2) is 12.9. The van der Waals surface area contributed by atoms with E-state index >= 15 is 0 Å². The first-order valence-electron chi connectivity index (χ1n) is 12.2. The molecule has 0 bridgehead atoms. The Labute approximate surface area is 227 Å². The maximum atomic E-state index is 14.0. The van der Waals surface area contributed by atoms with E-state index in [4.69, 9.17) is 5.73 Å². The van der Waals surface area contributed by atoms with Crippen molar-refractivity contribution in [3.63, 3.8) is 0 Å². The zero-order chi connectivity index (χ0) is 29.4. The fourth-order valence-corrected chi connectivity index (χ4v) is 3.67. The fraction of sp³-hybridized carbons (Fsp3) is 0.269. The largest absolute Gasteiger partial charge is 0.417 e. The summed E-state index contributed by atoms with van der Waals surface area (Å²) < 4.78 is 55.8. The highest BCUT2D eigenvalue weighted by atomic mass is 19.4. The average Bonchev–Trinajstić information content (AvgIpc) is 2.91. The van der Waals surface area contributed by atoms with E-state index in [0.717, 1.165) is 17.7 Å². The highest BCUT2D eigenvalue weighted by molar-refractivity contribution is 5.81. The number of pyridine rings is 1. The molecule has 0 radical (unpaired) electrons. The summed E-state index contributed by atoms with van der Waals surface area (Å²) in [5, 5.41) is 19.9. The van der Waals surface area contributed by atoms with Crippen LogP contribution >= 0.6 is 0 Å². The molecule has 2 heterocycles. The molecular formula is C26H28F4N8O2. The minimum Gasteiger partial charge on any atom is -0.378 e. The molecule has 0 atom stereocenters. The predicted octanol–water partition coefficient (Wildman–Crippen LogP) is 5.98. The van der Waals surface area contributed by atoms with E-state index in [1.807, 2.05) is 13.8 Å². The molecule has 0 unspecified atom stereocenters. The number of halogens is 4. The van der Waals surface area contributed by atoms with Gasteiger partial charge in [0.2, 0.25) is 11.8 Å². The summed E-state index contributed by atoms with van der Waals surface area (Å²) in [6.45, 7) is 5.98.